The van der Waals surface area contributed by atoms with Crippen LogP contribution in [0.25, 0.3) is 10.9 Å². The average Bonchev–Trinajstić information content (AvgIpc) is 3.44. The summed E-state index contributed by atoms with van der Waals surface area (Å²) >= 11 is 0. The lowest BCUT2D eigenvalue weighted by Crippen LogP contribution is -2.58. The van der Waals surface area contributed by atoms with Crippen LogP contribution in [0, 0.1) is 0 Å². The smallest absolute Gasteiger partial charge is 0.305 e. The summed E-state index contributed by atoms with van der Waals surface area (Å²) in [7, 11) is 0. The molecule has 3 atom stereocenters. The Balaban J connectivity index is 2.16. The minimum atomic E-state index is -1.60. The van der Waals surface area contributed by atoms with Crippen LogP contribution in [0.2, 0.25) is 0 Å². The first-order chi connectivity index (χ1) is 23.3. The van der Waals surface area contributed by atoms with Crippen LogP contribution in [0.1, 0.15) is 90.5 Å². The first-order valence-electron chi connectivity index (χ1n) is 16.8. The molecule has 15 nitrogen and oxygen atoms in total. The van der Waals surface area contributed by atoms with Crippen molar-refractivity contribution < 1.29 is 38.7 Å². The maximum atomic E-state index is 13.7. The predicted molar refractivity (Wildman–Crippen MR) is 183 cm³/mol. The number of rotatable bonds is 23. The molecule has 0 aliphatic heterocycles. The number of carboxylic acids is 1. The van der Waals surface area contributed by atoms with E-state index in [0.717, 1.165) is 36.6 Å². The Morgan fingerprint density at radius 1 is 0.755 bits per heavy atom. The molecule has 49 heavy (non-hydrogen) atoms. The number of para-hydroxylation sites is 1. The summed E-state index contributed by atoms with van der Waals surface area (Å²) in [5, 5.41) is 22.5. The number of carbonyl (C=O) groups is 7. The Labute approximate surface area is 286 Å². The Kier molecular flexibility index (Phi) is 17.3. The van der Waals surface area contributed by atoms with Gasteiger partial charge in [-0.05, 0) is 31.9 Å². The molecular weight excluding hydrogens is 634 g/mol. The maximum Gasteiger partial charge on any atom is 0.305 e. The van der Waals surface area contributed by atoms with Crippen LogP contribution in [0.5, 0.6) is 0 Å². The van der Waals surface area contributed by atoms with E-state index in [-0.39, 0.29) is 31.3 Å². The molecule has 3 unspecified atom stereocenters. The molecule has 1 heterocycles. The minimum Gasteiger partial charge on any atom is -0.481 e. The summed E-state index contributed by atoms with van der Waals surface area (Å²) in [6.07, 6.45) is 7.77. The molecule has 2 rings (SSSR count). The lowest BCUT2D eigenvalue weighted by atomic mass is 10.0. The van der Waals surface area contributed by atoms with Gasteiger partial charge < -0.3 is 42.4 Å². The maximum absolute atomic E-state index is 13.7. The summed E-state index contributed by atoms with van der Waals surface area (Å²) < 4.78 is 0. The molecule has 0 spiro atoms. The monoisotopic (exact) mass is 685 g/mol. The fourth-order valence-electron chi connectivity index (χ4n) is 5.21. The third-order valence-electron chi connectivity index (χ3n) is 7.69. The number of carboxylic acid groups (broad SMARTS) is 1. The zero-order valence-electron chi connectivity index (χ0n) is 28.6. The third-order valence-corrected chi connectivity index (χ3v) is 7.69. The molecule has 9 N–H and O–H groups in total. The van der Waals surface area contributed by atoms with E-state index in [1.807, 2.05) is 24.3 Å². The summed E-state index contributed by atoms with van der Waals surface area (Å²) in [5.41, 5.74) is 6.81. The highest BCUT2D eigenvalue weighted by Crippen LogP contribution is 2.19. The highest BCUT2D eigenvalue weighted by Gasteiger charge is 2.32. The molecule has 0 aliphatic carbocycles. The van der Waals surface area contributed by atoms with E-state index in [9.17, 15) is 38.7 Å². The van der Waals surface area contributed by atoms with Crippen molar-refractivity contribution in [2.75, 3.05) is 6.54 Å². The predicted octanol–water partition coefficient (Wildman–Crippen LogP) is 1.30. The highest BCUT2D eigenvalue weighted by atomic mass is 16.4. The summed E-state index contributed by atoms with van der Waals surface area (Å²) in [5.74, 6) is -5.91. The van der Waals surface area contributed by atoms with Crippen LogP contribution in [0.4, 0.5) is 0 Å². The Morgan fingerprint density at radius 2 is 1.35 bits per heavy atom. The number of nitrogens with one attached hydrogen (secondary N) is 6. The summed E-state index contributed by atoms with van der Waals surface area (Å²) in [6.45, 7) is 5.06. The molecule has 0 aliphatic rings. The van der Waals surface area contributed by atoms with Crippen LogP contribution in [-0.2, 0) is 40.0 Å². The van der Waals surface area contributed by atoms with Crippen LogP contribution in [0.15, 0.2) is 30.5 Å². The number of nitrogens with two attached hydrogens (primary N) is 1. The van der Waals surface area contributed by atoms with Gasteiger partial charge >= 0.3 is 5.97 Å². The van der Waals surface area contributed by atoms with Gasteiger partial charge in [-0.15, -0.1) is 0 Å². The van der Waals surface area contributed by atoms with E-state index >= 15 is 0 Å². The molecule has 0 bridgehead atoms. The highest BCUT2D eigenvalue weighted by molar-refractivity contribution is 5.98. The van der Waals surface area contributed by atoms with Crippen molar-refractivity contribution in [3.05, 3.63) is 36.0 Å². The zero-order chi connectivity index (χ0) is 36.3. The summed E-state index contributed by atoms with van der Waals surface area (Å²) in [6, 6.07) is 2.57. The topological polar surface area (TPSA) is 242 Å². The van der Waals surface area contributed by atoms with Crippen LogP contribution < -0.4 is 32.3 Å². The van der Waals surface area contributed by atoms with Gasteiger partial charge in [0.05, 0.1) is 19.4 Å². The lowest BCUT2D eigenvalue weighted by Gasteiger charge is -2.25. The van der Waals surface area contributed by atoms with Crippen molar-refractivity contribution >= 4 is 52.3 Å². The van der Waals surface area contributed by atoms with Crippen LogP contribution in [-0.4, -0.2) is 82.2 Å². The molecule has 270 valence electrons. The number of benzene rings is 1. The second-order valence-electron chi connectivity index (χ2n) is 12.4. The van der Waals surface area contributed by atoms with Gasteiger partial charge in [-0.3, -0.25) is 33.6 Å². The number of amides is 6. The van der Waals surface area contributed by atoms with Crippen molar-refractivity contribution in [1.29, 1.82) is 0 Å². The van der Waals surface area contributed by atoms with Gasteiger partial charge in [-0.25, -0.2) is 0 Å². The lowest BCUT2D eigenvalue weighted by molar-refractivity contribution is -0.141. The molecule has 2 aromatic rings. The largest absolute Gasteiger partial charge is 0.481 e. The molecule has 0 radical (unpaired) electrons. The standard InChI is InChI=1S/C34H51N7O8/c1-4-5-6-7-8-9-10-15-29(43)37-20-30(44)39-25(16-22-19-36-24-14-12-11-13-23(22)24)33(48)40-26(17-28(35)42)34(49)41-27(18-31(45)46)32(47)38-21(2)3/h11-14,19,21,25-27,36H,4-10,15-18,20H2,1-3H3,(H2,35,42)(H,37,43)(H,38,47)(H,39,44)(H,40,48)(H,41,49)(H,45,46). The van der Waals surface area contributed by atoms with E-state index < -0.39 is 66.5 Å². The normalized spacial score (nSPS) is 12.8. The van der Waals surface area contributed by atoms with Gasteiger partial charge in [-0.2, -0.15) is 0 Å². The van der Waals surface area contributed by atoms with Crippen molar-refractivity contribution in [1.82, 2.24) is 31.6 Å². The second kappa shape index (κ2) is 21.1. The van der Waals surface area contributed by atoms with E-state index in [1.54, 1.807) is 20.0 Å². The summed E-state index contributed by atoms with van der Waals surface area (Å²) in [4.78, 5) is 91.2. The Hall–Kier alpha value is -4.95. The average molecular weight is 686 g/mol. The van der Waals surface area contributed by atoms with Gasteiger partial charge in [-0.1, -0.05) is 63.6 Å². The number of aliphatic carboxylic acids is 1. The van der Waals surface area contributed by atoms with Gasteiger partial charge in [0, 0.05) is 36.0 Å². The molecule has 6 amide bonds. The van der Waals surface area contributed by atoms with Crippen LogP contribution >= 0.6 is 0 Å². The number of primary amides is 1. The Morgan fingerprint density at radius 3 is 1.98 bits per heavy atom. The van der Waals surface area contributed by atoms with Gasteiger partial charge in [0.15, 0.2) is 0 Å². The number of hydrogen-bond acceptors (Lipinski definition) is 7. The van der Waals surface area contributed by atoms with Crippen molar-refractivity contribution in [3.63, 3.8) is 0 Å². The SMILES string of the molecule is CCCCCCCCCC(=O)NCC(=O)NC(Cc1c[nH]c2ccccc12)C(=O)NC(CC(N)=O)C(=O)NC(CC(=O)O)C(=O)NC(C)C. The molecule has 1 aromatic heterocycles. The number of H-pyrrole nitrogens is 1. The van der Waals surface area contributed by atoms with Crippen molar-refractivity contribution in [2.24, 2.45) is 5.73 Å². The fourth-order valence-corrected chi connectivity index (χ4v) is 5.21. The molecular formula is C34H51N7O8. The molecule has 0 saturated heterocycles. The number of aromatic nitrogens is 1. The number of unbranched alkanes of at least 4 members (excludes halogenated alkanes) is 6. The third kappa shape index (κ3) is 15.2. The van der Waals surface area contributed by atoms with E-state index in [1.165, 1.54) is 12.8 Å². The van der Waals surface area contributed by atoms with E-state index in [0.29, 0.717) is 12.0 Å². The second-order valence-corrected chi connectivity index (χ2v) is 12.4. The van der Waals surface area contributed by atoms with Crippen LogP contribution in [0.3, 0.4) is 0 Å². The molecule has 0 fully saturated rings. The van der Waals surface area contributed by atoms with Gasteiger partial charge in [0.2, 0.25) is 35.4 Å². The van der Waals surface area contributed by atoms with E-state index in [4.69, 9.17) is 5.73 Å². The van der Waals surface area contributed by atoms with Crippen molar-refractivity contribution in [3.8, 4) is 0 Å². The molecule has 15 heteroatoms. The molecule has 0 saturated carbocycles. The first-order valence-corrected chi connectivity index (χ1v) is 16.8. The van der Waals surface area contributed by atoms with Gasteiger partial charge in [0.25, 0.3) is 0 Å². The van der Waals surface area contributed by atoms with Gasteiger partial charge in [0.1, 0.15) is 18.1 Å². The first kappa shape index (κ1) is 40.2. The number of hydrogen-bond donors (Lipinski definition) is 8. The minimum absolute atomic E-state index is 0.0308. The number of carbonyl (C=O) groups excluding carboxylic acids is 6. The number of aromatic amines is 1. The fraction of sp³-hybridized carbons (Fsp3) is 0.559. The van der Waals surface area contributed by atoms with E-state index in [2.05, 4.69) is 38.5 Å². The zero-order valence-corrected chi connectivity index (χ0v) is 28.6. The molecule has 1 aromatic carbocycles. The van der Waals surface area contributed by atoms with Crippen molar-refractivity contribution in [2.45, 2.75) is 116 Å². The quantitative estimate of drug-likeness (QED) is 0.0791. The number of fused-ring (bicyclic) bond motifs is 1. The Bertz CT molecular complexity index is 1440.